The van der Waals surface area contributed by atoms with E-state index in [4.69, 9.17) is 11.6 Å². The highest BCUT2D eigenvalue weighted by molar-refractivity contribution is 7.92. The monoisotopic (exact) mass is 416 g/mol. The van der Waals surface area contributed by atoms with Gasteiger partial charge in [-0.1, -0.05) is 37.6 Å². The van der Waals surface area contributed by atoms with Crippen LogP contribution < -0.4 is 4.72 Å². The lowest BCUT2D eigenvalue weighted by Gasteiger charge is -2.18. The molecule has 0 atom stereocenters. The third kappa shape index (κ3) is 5.20. The van der Waals surface area contributed by atoms with E-state index in [1.165, 1.54) is 28.6 Å². The third-order valence-electron chi connectivity index (χ3n) is 3.74. The van der Waals surface area contributed by atoms with Crippen LogP contribution in [0.25, 0.3) is 0 Å². The first kappa shape index (κ1) is 20.7. The van der Waals surface area contributed by atoms with Crippen molar-refractivity contribution in [2.75, 3.05) is 17.8 Å². The van der Waals surface area contributed by atoms with Gasteiger partial charge in [0.05, 0.1) is 10.6 Å². The van der Waals surface area contributed by atoms with E-state index in [1.54, 1.807) is 38.1 Å². The van der Waals surface area contributed by atoms with E-state index in [9.17, 15) is 16.8 Å². The Kier molecular flexibility index (Phi) is 6.68. The summed E-state index contributed by atoms with van der Waals surface area (Å²) in [4.78, 5) is 0.127. The maximum Gasteiger partial charge on any atom is 0.243 e. The second kappa shape index (κ2) is 8.39. The van der Waals surface area contributed by atoms with Gasteiger partial charge in [-0.25, -0.2) is 16.8 Å². The summed E-state index contributed by atoms with van der Waals surface area (Å²) in [6, 6.07) is 12.2. The highest BCUT2D eigenvalue weighted by atomic mass is 35.5. The molecule has 0 aliphatic rings. The van der Waals surface area contributed by atoms with Crippen LogP contribution in [0.2, 0.25) is 5.02 Å². The number of anilines is 1. The third-order valence-corrected chi connectivity index (χ3v) is 7.32. The van der Waals surface area contributed by atoms with Gasteiger partial charge < -0.3 is 0 Å². The molecule has 0 saturated heterocycles. The number of rotatable bonds is 8. The van der Waals surface area contributed by atoms with Crippen molar-refractivity contribution in [1.82, 2.24) is 4.31 Å². The Bertz CT molecular complexity index is 937. The van der Waals surface area contributed by atoms with Crippen molar-refractivity contribution in [2.45, 2.75) is 24.5 Å². The number of benzene rings is 2. The first-order valence-corrected chi connectivity index (χ1v) is 11.5. The molecule has 1 N–H and O–H groups in total. The second-order valence-corrected chi connectivity index (χ2v) is 9.70. The predicted molar refractivity (Wildman–Crippen MR) is 104 cm³/mol. The standard InChI is InChI=1S/C17H21ClN2O4S2/c1-3-20(4-2)26(23,24)17-11-9-16(10-12-17)19-25(21,22)13-14-5-7-15(18)8-6-14/h5-12,19H,3-4,13H2,1-2H3. The van der Waals surface area contributed by atoms with Crippen LogP contribution in [0.1, 0.15) is 19.4 Å². The molecule has 0 aliphatic carbocycles. The Morgan fingerprint density at radius 3 is 1.92 bits per heavy atom. The van der Waals surface area contributed by atoms with Gasteiger partial charge >= 0.3 is 0 Å². The van der Waals surface area contributed by atoms with Crippen LogP contribution in [0.15, 0.2) is 53.4 Å². The van der Waals surface area contributed by atoms with Crippen LogP contribution >= 0.6 is 11.6 Å². The SMILES string of the molecule is CCN(CC)S(=O)(=O)c1ccc(NS(=O)(=O)Cc2ccc(Cl)cc2)cc1. The first-order chi connectivity index (χ1) is 12.2. The lowest BCUT2D eigenvalue weighted by atomic mass is 10.2. The highest BCUT2D eigenvalue weighted by Crippen LogP contribution is 2.20. The highest BCUT2D eigenvalue weighted by Gasteiger charge is 2.21. The molecule has 0 amide bonds. The van der Waals surface area contributed by atoms with Crippen molar-refractivity contribution >= 4 is 37.3 Å². The molecule has 0 heterocycles. The zero-order chi connectivity index (χ0) is 19.4. The van der Waals surface area contributed by atoms with Crippen LogP contribution in [0.5, 0.6) is 0 Å². The van der Waals surface area contributed by atoms with Crippen molar-refractivity contribution in [3.8, 4) is 0 Å². The lowest BCUT2D eigenvalue weighted by Crippen LogP contribution is -2.30. The van der Waals surface area contributed by atoms with E-state index in [-0.39, 0.29) is 10.6 Å². The summed E-state index contributed by atoms with van der Waals surface area (Å²) in [5, 5.41) is 0.532. The van der Waals surface area contributed by atoms with E-state index in [0.717, 1.165) is 0 Å². The number of hydrogen-bond donors (Lipinski definition) is 1. The van der Waals surface area contributed by atoms with Gasteiger partial charge in [0.25, 0.3) is 0 Å². The number of hydrogen-bond acceptors (Lipinski definition) is 4. The smallest absolute Gasteiger partial charge is 0.243 e. The fraction of sp³-hybridized carbons (Fsp3) is 0.294. The summed E-state index contributed by atoms with van der Waals surface area (Å²) in [6.45, 7) is 4.27. The maximum absolute atomic E-state index is 12.4. The molecular weight excluding hydrogens is 396 g/mol. The molecule has 0 radical (unpaired) electrons. The topological polar surface area (TPSA) is 83.6 Å². The molecule has 0 saturated carbocycles. The van der Waals surface area contributed by atoms with Crippen LogP contribution in [0.3, 0.4) is 0 Å². The van der Waals surface area contributed by atoms with Crippen LogP contribution in [0.4, 0.5) is 5.69 Å². The molecule has 6 nitrogen and oxygen atoms in total. The summed E-state index contributed by atoms with van der Waals surface area (Å²) in [5.41, 5.74) is 0.903. The summed E-state index contributed by atoms with van der Waals surface area (Å²) in [7, 11) is -7.20. The average molecular weight is 417 g/mol. The van der Waals surface area contributed by atoms with Crippen molar-refractivity contribution in [1.29, 1.82) is 0 Å². The van der Waals surface area contributed by atoms with Crippen LogP contribution in [0, 0.1) is 0 Å². The predicted octanol–water partition coefficient (Wildman–Crippen LogP) is 3.31. The Morgan fingerprint density at radius 2 is 1.42 bits per heavy atom. The molecule has 0 aliphatic heterocycles. The van der Waals surface area contributed by atoms with E-state index in [2.05, 4.69) is 4.72 Å². The molecule has 0 fully saturated rings. The zero-order valence-corrected chi connectivity index (χ0v) is 16.9. The summed E-state index contributed by atoms with van der Waals surface area (Å²) < 4.78 is 53.2. The summed E-state index contributed by atoms with van der Waals surface area (Å²) in [5.74, 6) is -0.205. The van der Waals surface area contributed by atoms with Crippen LogP contribution in [-0.4, -0.2) is 34.2 Å². The summed E-state index contributed by atoms with van der Waals surface area (Å²) >= 11 is 5.79. The molecule has 142 valence electrons. The minimum absolute atomic E-state index is 0.127. The molecule has 2 aromatic rings. The zero-order valence-electron chi connectivity index (χ0n) is 14.5. The Morgan fingerprint density at radius 1 is 0.885 bits per heavy atom. The molecule has 2 aromatic carbocycles. The molecule has 0 bridgehead atoms. The van der Waals surface area contributed by atoms with E-state index in [1.807, 2.05) is 0 Å². The molecule has 0 spiro atoms. The Labute approximate surface area is 159 Å². The fourth-order valence-electron chi connectivity index (χ4n) is 2.42. The molecule has 0 aromatic heterocycles. The molecule has 9 heteroatoms. The van der Waals surface area contributed by atoms with Crippen molar-refractivity contribution < 1.29 is 16.8 Å². The first-order valence-electron chi connectivity index (χ1n) is 8.03. The van der Waals surface area contributed by atoms with Crippen LogP contribution in [-0.2, 0) is 25.8 Å². The Balaban J connectivity index is 2.14. The van der Waals surface area contributed by atoms with E-state index < -0.39 is 20.0 Å². The molecular formula is C17H21ClN2O4S2. The summed E-state index contributed by atoms with van der Waals surface area (Å²) in [6.07, 6.45) is 0. The van der Waals surface area contributed by atoms with Gasteiger partial charge in [-0.2, -0.15) is 4.31 Å². The average Bonchev–Trinajstić information content (AvgIpc) is 2.57. The van der Waals surface area contributed by atoms with Crippen molar-refractivity contribution in [2.24, 2.45) is 0 Å². The Hall–Kier alpha value is -1.61. The lowest BCUT2D eigenvalue weighted by molar-refractivity contribution is 0.445. The number of sulfonamides is 2. The molecule has 2 rings (SSSR count). The molecule has 26 heavy (non-hydrogen) atoms. The largest absolute Gasteiger partial charge is 0.283 e. The number of nitrogens with zero attached hydrogens (tertiary/aromatic N) is 1. The van der Waals surface area contributed by atoms with Gasteiger partial charge in [0, 0.05) is 23.8 Å². The quantitative estimate of drug-likeness (QED) is 0.715. The second-order valence-electron chi connectivity index (χ2n) is 5.60. The van der Waals surface area contributed by atoms with Gasteiger partial charge in [0.1, 0.15) is 0 Å². The van der Waals surface area contributed by atoms with Gasteiger partial charge in [0.2, 0.25) is 20.0 Å². The normalized spacial score (nSPS) is 12.3. The van der Waals surface area contributed by atoms with Crippen molar-refractivity contribution in [3.63, 3.8) is 0 Å². The number of halogens is 1. The van der Waals surface area contributed by atoms with Gasteiger partial charge in [-0.15, -0.1) is 0 Å². The minimum atomic E-state index is -3.63. The van der Waals surface area contributed by atoms with E-state index >= 15 is 0 Å². The van der Waals surface area contributed by atoms with E-state index in [0.29, 0.717) is 29.4 Å². The van der Waals surface area contributed by atoms with Gasteiger partial charge in [0.15, 0.2) is 0 Å². The maximum atomic E-state index is 12.4. The number of nitrogens with one attached hydrogen (secondary N) is 1. The van der Waals surface area contributed by atoms with Gasteiger partial charge in [-0.3, -0.25) is 4.72 Å². The van der Waals surface area contributed by atoms with Gasteiger partial charge in [-0.05, 0) is 42.0 Å². The fourth-order valence-corrected chi connectivity index (χ4v) is 5.21. The molecule has 0 unspecified atom stereocenters. The minimum Gasteiger partial charge on any atom is -0.283 e. The van der Waals surface area contributed by atoms with Crippen molar-refractivity contribution in [3.05, 3.63) is 59.1 Å².